The highest BCUT2D eigenvalue weighted by Gasteiger charge is 2.38. The molecule has 0 amide bonds. The number of fused-ring (bicyclic) bond motifs is 3. The lowest BCUT2D eigenvalue weighted by atomic mass is 9.89. The lowest BCUT2D eigenvalue weighted by molar-refractivity contribution is 0.361. The van der Waals surface area contributed by atoms with Gasteiger partial charge < -0.3 is 9.88 Å². The molecular formula is C17H19IN5P. The summed E-state index contributed by atoms with van der Waals surface area (Å²) in [5, 5.41) is 9.36. The topological polar surface area (TPSA) is 47.7 Å². The van der Waals surface area contributed by atoms with Crippen LogP contribution in [0.5, 0.6) is 0 Å². The fourth-order valence-electron chi connectivity index (χ4n) is 4.30. The second-order valence-corrected chi connectivity index (χ2v) is 8.97. The minimum Gasteiger partial charge on any atom is -0.346 e. The Morgan fingerprint density at radius 1 is 1.33 bits per heavy atom. The number of nitrogens with zero attached hydrogens (tertiary/aromatic N) is 4. The number of aromatic nitrogens is 4. The van der Waals surface area contributed by atoms with Crippen LogP contribution in [0.15, 0.2) is 36.9 Å². The summed E-state index contributed by atoms with van der Waals surface area (Å²) in [6, 6.07) is 5.88. The van der Waals surface area contributed by atoms with Crippen molar-refractivity contribution in [3.8, 4) is 11.3 Å². The van der Waals surface area contributed by atoms with Crippen LogP contribution in [0.25, 0.3) is 22.2 Å². The number of halogens is 1. The van der Waals surface area contributed by atoms with Gasteiger partial charge in [-0.1, -0.05) is 0 Å². The zero-order valence-corrected chi connectivity index (χ0v) is 16.3. The van der Waals surface area contributed by atoms with Crippen LogP contribution in [0.4, 0.5) is 0 Å². The third-order valence-electron chi connectivity index (χ3n) is 5.49. The average molecular weight is 451 g/mol. The van der Waals surface area contributed by atoms with Crippen molar-refractivity contribution in [1.82, 2.24) is 24.4 Å². The van der Waals surface area contributed by atoms with Crippen LogP contribution >= 0.6 is 28.4 Å². The maximum absolute atomic E-state index is 4.69. The van der Waals surface area contributed by atoms with Crippen molar-refractivity contribution in [2.45, 2.75) is 37.9 Å². The fourth-order valence-corrected chi connectivity index (χ4v) is 5.38. The Kier molecular flexibility index (Phi) is 3.87. The molecule has 5 heterocycles. The van der Waals surface area contributed by atoms with Crippen molar-refractivity contribution in [3.63, 3.8) is 0 Å². The van der Waals surface area contributed by atoms with Crippen LogP contribution in [0.1, 0.15) is 19.3 Å². The lowest BCUT2D eigenvalue weighted by Gasteiger charge is -2.21. The van der Waals surface area contributed by atoms with Gasteiger partial charge in [-0.2, -0.15) is 5.10 Å². The van der Waals surface area contributed by atoms with Crippen LogP contribution in [-0.2, 0) is 6.54 Å². The van der Waals surface area contributed by atoms with Crippen molar-refractivity contribution < 1.29 is 0 Å². The first-order chi connectivity index (χ1) is 11.8. The lowest BCUT2D eigenvalue weighted by Crippen LogP contribution is -2.25. The van der Waals surface area contributed by atoms with Crippen molar-refractivity contribution in [1.29, 1.82) is 0 Å². The number of pyridine rings is 1. The second-order valence-electron chi connectivity index (χ2n) is 6.90. The predicted molar refractivity (Wildman–Crippen MR) is 107 cm³/mol. The highest BCUT2D eigenvalue weighted by molar-refractivity contribution is 14.2. The number of hydrogen-bond acceptors (Lipinski definition) is 3. The molecule has 0 aliphatic carbocycles. The van der Waals surface area contributed by atoms with E-state index in [4.69, 9.17) is 4.98 Å². The first kappa shape index (κ1) is 15.3. The van der Waals surface area contributed by atoms with E-state index in [1.54, 1.807) is 0 Å². The molecule has 24 heavy (non-hydrogen) atoms. The van der Waals surface area contributed by atoms with Crippen LogP contribution in [0.3, 0.4) is 0 Å². The standard InChI is InChI=1S/C17H19IN5P/c18-24-23-10-13(7-20-23)16-6-11-3-4-22(17(11)8-19-16)9-12-5-14-1-2-15(12)21-14/h3-4,6-8,10,12,14-15,21,24H,1-2,5,9H2. The molecule has 0 spiro atoms. The highest BCUT2D eigenvalue weighted by Crippen LogP contribution is 2.35. The monoisotopic (exact) mass is 451 g/mol. The van der Waals surface area contributed by atoms with Crippen LogP contribution in [0, 0.1) is 5.92 Å². The largest absolute Gasteiger partial charge is 0.346 e. The molecule has 2 saturated heterocycles. The molecule has 0 saturated carbocycles. The summed E-state index contributed by atoms with van der Waals surface area (Å²) in [6.07, 6.45) is 12.9. The molecule has 0 radical (unpaired) electrons. The normalized spacial score (nSPS) is 26.3. The van der Waals surface area contributed by atoms with Crippen LogP contribution in [-0.4, -0.2) is 31.2 Å². The molecule has 2 aliphatic rings. The van der Waals surface area contributed by atoms with E-state index in [1.807, 2.05) is 16.8 Å². The van der Waals surface area contributed by atoms with E-state index in [9.17, 15) is 0 Å². The van der Waals surface area contributed by atoms with Crippen molar-refractivity contribution in [2.24, 2.45) is 5.92 Å². The average Bonchev–Trinajstić information content (AvgIpc) is 3.38. The third-order valence-corrected chi connectivity index (χ3v) is 7.39. The molecule has 3 aromatic rings. The fraction of sp³-hybridized carbons (Fsp3) is 0.412. The minimum absolute atomic E-state index is 0.622. The molecule has 124 valence electrons. The van der Waals surface area contributed by atoms with E-state index in [-0.39, 0.29) is 0 Å². The summed E-state index contributed by atoms with van der Waals surface area (Å²) in [4.78, 5) is 4.69. The van der Waals surface area contributed by atoms with E-state index in [2.05, 4.69) is 61.5 Å². The molecule has 2 aliphatic heterocycles. The van der Waals surface area contributed by atoms with Gasteiger partial charge in [0.1, 0.15) is 0 Å². The molecule has 4 unspecified atom stereocenters. The van der Waals surface area contributed by atoms with Gasteiger partial charge in [-0.3, -0.25) is 4.98 Å². The highest BCUT2D eigenvalue weighted by atomic mass is 127. The molecule has 5 nitrogen and oxygen atoms in total. The molecule has 2 fully saturated rings. The van der Waals surface area contributed by atoms with Crippen LogP contribution in [0.2, 0.25) is 0 Å². The first-order valence-electron chi connectivity index (χ1n) is 8.43. The second kappa shape index (κ2) is 6.07. The zero-order chi connectivity index (χ0) is 16.1. The Balaban J connectivity index is 1.43. The Morgan fingerprint density at radius 3 is 3.04 bits per heavy atom. The molecule has 3 aromatic heterocycles. The van der Waals surface area contributed by atoms with Crippen LogP contribution < -0.4 is 5.32 Å². The smallest absolute Gasteiger partial charge is 0.0741 e. The quantitative estimate of drug-likeness (QED) is 0.485. The molecule has 4 atom stereocenters. The third kappa shape index (κ3) is 2.59. The summed E-state index contributed by atoms with van der Waals surface area (Å²) in [7, 11) is 0. The summed E-state index contributed by atoms with van der Waals surface area (Å²) in [6.45, 7) is 1.10. The van der Waals surface area contributed by atoms with Gasteiger partial charge >= 0.3 is 0 Å². The van der Waals surface area contributed by atoms with Gasteiger partial charge in [0.05, 0.1) is 30.0 Å². The molecular weight excluding hydrogens is 432 g/mol. The Hall–Kier alpha value is -0.980. The molecule has 0 aromatic carbocycles. The SMILES string of the molecule is IPn1cc(-c2cc3ccn(CC4CC5CCC4N5)c3cn2)cn1. The van der Waals surface area contributed by atoms with Crippen molar-refractivity contribution in [2.75, 3.05) is 0 Å². The Morgan fingerprint density at radius 2 is 2.29 bits per heavy atom. The molecule has 1 N–H and O–H groups in total. The van der Waals surface area contributed by atoms with Gasteiger partial charge in [0, 0.05) is 42.0 Å². The van der Waals surface area contributed by atoms with E-state index in [1.165, 1.54) is 30.2 Å². The van der Waals surface area contributed by atoms with Gasteiger partial charge in [-0.25, -0.2) is 4.45 Å². The maximum atomic E-state index is 4.69. The van der Waals surface area contributed by atoms with Gasteiger partial charge in [0.25, 0.3) is 0 Å². The Bertz CT molecular complexity index is 888. The van der Waals surface area contributed by atoms with E-state index < -0.39 is 0 Å². The predicted octanol–water partition coefficient (Wildman–Crippen LogP) is 3.83. The van der Waals surface area contributed by atoms with E-state index >= 15 is 0 Å². The minimum atomic E-state index is 0.622. The summed E-state index contributed by atoms with van der Waals surface area (Å²) >= 11 is 2.33. The van der Waals surface area contributed by atoms with Gasteiger partial charge in [-0.15, -0.1) is 0 Å². The number of nitrogens with one attached hydrogen (secondary N) is 1. The summed E-state index contributed by atoms with van der Waals surface area (Å²) in [5.74, 6) is 0.766. The number of rotatable bonds is 4. The van der Waals surface area contributed by atoms with Gasteiger partial charge in [0.15, 0.2) is 0 Å². The molecule has 2 bridgehead atoms. The van der Waals surface area contributed by atoms with Crippen molar-refractivity contribution >= 4 is 39.3 Å². The Labute approximate surface area is 155 Å². The zero-order valence-electron chi connectivity index (χ0n) is 13.2. The summed E-state index contributed by atoms with van der Waals surface area (Å²) in [5.41, 5.74) is 3.33. The first-order valence-corrected chi connectivity index (χ1v) is 12.5. The van der Waals surface area contributed by atoms with E-state index in [0.29, 0.717) is 6.37 Å². The molecule has 7 heteroatoms. The summed E-state index contributed by atoms with van der Waals surface area (Å²) < 4.78 is 4.34. The number of hydrogen-bond donors (Lipinski definition) is 1. The molecule has 5 rings (SSSR count). The van der Waals surface area contributed by atoms with Gasteiger partial charge in [-0.05, 0) is 59.4 Å². The van der Waals surface area contributed by atoms with Crippen molar-refractivity contribution in [3.05, 3.63) is 36.9 Å². The maximum Gasteiger partial charge on any atom is 0.0741 e. The van der Waals surface area contributed by atoms with Gasteiger partial charge in [0.2, 0.25) is 0 Å². The van der Waals surface area contributed by atoms with E-state index in [0.717, 1.165) is 35.8 Å².